The number of amides is 1. The molecule has 0 spiro atoms. The van der Waals surface area contributed by atoms with E-state index in [9.17, 15) is 9.18 Å². The molecule has 30 heavy (non-hydrogen) atoms. The molecule has 3 aromatic rings. The summed E-state index contributed by atoms with van der Waals surface area (Å²) in [6.07, 6.45) is 4.22. The summed E-state index contributed by atoms with van der Waals surface area (Å²) in [4.78, 5) is 17.4. The van der Waals surface area contributed by atoms with E-state index in [4.69, 9.17) is 21.1 Å². The van der Waals surface area contributed by atoms with Crippen LogP contribution in [-0.4, -0.2) is 29.2 Å². The number of carbonyl (C=O) groups is 1. The lowest BCUT2D eigenvalue weighted by molar-refractivity contribution is 0.0940. The van der Waals surface area contributed by atoms with Gasteiger partial charge in [0.25, 0.3) is 5.91 Å². The third kappa shape index (κ3) is 4.74. The van der Waals surface area contributed by atoms with E-state index in [0.717, 1.165) is 6.42 Å². The largest absolute Gasteiger partial charge is 0.493 e. The summed E-state index contributed by atoms with van der Waals surface area (Å²) in [5.74, 6) is 0.640. The number of rotatable bonds is 8. The van der Waals surface area contributed by atoms with Crippen LogP contribution in [-0.2, 0) is 7.05 Å². The maximum absolute atomic E-state index is 13.4. The molecule has 0 bridgehead atoms. The minimum Gasteiger partial charge on any atom is -0.493 e. The predicted octanol–water partition coefficient (Wildman–Crippen LogP) is 4.53. The molecule has 3 rings (SSSR count). The Labute approximate surface area is 179 Å². The third-order valence-electron chi connectivity index (χ3n) is 4.54. The van der Waals surface area contributed by atoms with Gasteiger partial charge in [-0.15, -0.1) is 0 Å². The highest BCUT2D eigenvalue weighted by molar-refractivity contribution is 6.32. The SMILES string of the molecule is CCCOc1c(Cl)cc(C(=O)NC(c2ccc(F)cc2)c2nccn2C)cc1OC. The molecule has 0 aliphatic carbocycles. The molecule has 2 aromatic carbocycles. The fourth-order valence-electron chi connectivity index (χ4n) is 3.02. The highest BCUT2D eigenvalue weighted by Gasteiger charge is 2.23. The lowest BCUT2D eigenvalue weighted by atomic mass is 10.0. The molecule has 1 aromatic heterocycles. The molecule has 1 atom stereocenters. The van der Waals surface area contributed by atoms with Gasteiger partial charge < -0.3 is 19.4 Å². The molecule has 1 N–H and O–H groups in total. The van der Waals surface area contributed by atoms with Crippen LogP contribution in [0.3, 0.4) is 0 Å². The number of hydrogen-bond donors (Lipinski definition) is 1. The number of aryl methyl sites for hydroxylation is 1. The summed E-state index contributed by atoms with van der Waals surface area (Å²) in [6, 6.07) is 8.44. The number of ether oxygens (including phenoxy) is 2. The van der Waals surface area contributed by atoms with E-state index in [2.05, 4.69) is 10.3 Å². The van der Waals surface area contributed by atoms with Crippen LogP contribution in [0.25, 0.3) is 0 Å². The summed E-state index contributed by atoms with van der Waals surface area (Å²) in [7, 11) is 3.31. The van der Waals surface area contributed by atoms with Crippen molar-refractivity contribution in [2.45, 2.75) is 19.4 Å². The maximum atomic E-state index is 13.4. The number of benzene rings is 2. The molecule has 0 aliphatic heterocycles. The second kappa shape index (κ2) is 9.63. The van der Waals surface area contributed by atoms with Crippen LogP contribution in [0.15, 0.2) is 48.8 Å². The van der Waals surface area contributed by atoms with E-state index in [0.29, 0.717) is 35.1 Å². The molecule has 1 heterocycles. The van der Waals surface area contributed by atoms with Crippen LogP contribution in [0.2, 0.25) is 5.02 Å². The van der Waals surface area contributed by atoms with Crippen molar-refractivity contribution in [3.63, 3.8) is 0 Å². The van der Waals surface area contributed by atoms with Crippen molar-refractivity contribution in [2.75, 3.05) is 13.7 Å². The van der Waals surface area contributed by atoms with Crippen molar-refractivity contribution >= 4 is 17.5 Å². The number of carbonyl (C=O) groups excluding carboxylic acids is 1. The Morgan fingerprint density at radius 3 is 2.63 bits per heavy atom. The van der Waals surface area contributed by atoms with Crippen LogP contribution in [0.1, 0.15) is 41.1 Å². The van der Waals surface area contributed by atoms with Gasteiger partial charge in [0.05, 0.1) is 18.7 Å². The Hall–Kier alpha value is -3.06. The van der Waals surface area contributed by atoms with E-state index < -0.39 is 6.04 Å². The van der Waals surface area contributed by atoms with Gasteiger partial charge in [-0.1, -0.05) is 30.7 Å². The minimum absolute atomic E-state index is 0.281. The second-order valence-corrected chi connectivity index (χ2v) is 7.10. The average molecular weight is 432 g/mol. The molecule has 1 unspecified atom stereocenters. The number of nitrogens with one attached hydrogen (secondary N) is 1. The van der Waals surface area contributed by atoms with E-state index in [-0.39, 0.29) is 16.7 Å². The van der Waals surface area contributed by atoms with Crippen LogP contribution >= 0.6 is 11.6 Å². The first-order valence-corrected chi connectivity index (χ1v) is 9.86. The van der Waals surface area contributed by atoms with E-state index in [1.165, 1.54) is 25.3 Å². The monoisotopic (exact) mass is 431 g/mol. The molecule has 0 radical (unpaired) electrons. The minimum atomic E-state index is -0.584. The zero-order valence-corrected chi connectivity index (χ0v) is 17.7. The Bertz CT molecular complexity index is 1020. The van der Waals surface area contributed by atoms with Gasteiger partial charge in [0.2, 0.25) is 0 Å². The van der Waals surface area contributed by atoms with Crippen LogP contribution in [0, 0.1) is 5.82 Å². The van der Waals surface area contributed by atoms with Crippen LogP contribution < -0.4 is 14.8 Å². The molecule has 0 fully saturated rings. The van der Waals surface area contributed by atoms with Crippen molar-refractivity contribution in [3.8, 4) is 11.5 Å². The Kier molecular flexibility index (Phi) is 6.95. The van der Waals surface area contributed by atoms with E-state index in [1.807, 2.05) is 14.0 Å². The topological polar surface area (TPSA) is 65.4 Å². The molecule has 8 heteroatoms. The highest BCUT2D eigenvalue weighted by atomic mass is 35.5. The summed E-state index contributed by atoms with van der Waals surface area (Å²) in [5, 5.41) is 3.23. The Morgan fingerprint density at radius 1 is 1.30 bits per heavy atom. The normalized spacial score (nSPS) is 11.8. The number of halogens is 2. The van der Waals surface area contributed by atoms with Gasteiger partial charge in [0, 0.05) is 25.0 Å². The average Bonchev–Trinajstić information content (AvgIpc) is 3.16. The van der Waals surface area contributed by atoms with Gasteiger partial charge in [0.15, 0.2) is 11.5 Å². The van der Waals surface area contributed by atoms with Gasteiger partial charge in [-0.3, -0.25) is 4.79 Å². The van der Waals surface area contributed by atoms with Gasteiger partial charge in [-0.25, -0.2) is 9.37 Å². The number of aromatic nitrogens is 2. The zero-order valence-electron chi connectivity index (χ0n) is 17.0. The summed E-state index contributed by atoms with van der Waals surface area (Å²) >= 11 is 6.35. The summed E-state index contributed by atoms with van der Waals surface area (Å²) in [6.45, 7) is 2.46. The van der Waals surface area contributed by atoms with Crippen molar-refractivity contribution in [2.24, 2.45) is 7.05 Å². The molecule has 0 saturated heterocycles. The standard InChI is InChI=1S/C22H23ClFN3O3/c1-4-11-30-20-17(23)12-15(13-18(20)29-3)22(28)26-19(21-25-9-10-27(21)2)14-5-7-16(24)8-6-14/h5-10,12-13,19H,4,11H2,1-3H3,(H,26,28). The van der Waals surface area contributed by atoms with Crippen LogP contribution in [0.4, 0.5) is 4.39 Å². The number of nitrogens with zero attached hydrogens (tertiary/aromatic N) is 2. The molecule has 1 amide bonds. The summed E-state index contributed by atoms with van der Waals surface area (Å²) in [5.41, 5.74) is 1.00. The van der Waals surface area contributed by atoms with Crippen molar-refractivity contribution in [1.29, 1.82) is 0 Å². The van der Waals surface area contributed by atoms with Gasteiger partial charge in [0.1, 0.15) is 17.7 Å². The number of methoxy groups -OCH3 is 1. The van der Waals surface area contributed by atoms with E-state index in [1.54, 1.807) is 35.2 Å². The molecule has 0 saturated carbocycles. The van der Waals surface area contributed by atoms with Gasteiger partial charge >= 0.3 is 0 Å². The molecular weight excluding hydrogens is 409 g/mol. The van der Waals surface area contributed by atoms with Crippen LogP contribution in [0.5, 0.6) is 11.5 Å². The fourth-order valence-corrected chi connectivity index (χ4v) is 3.28. The summed E-state index contributed by atoms with van der Waals surface area (Å²) < 4.78 is 26.2. The predicted molar refractivity (Wildman–Crippen MR) is 113 cm³/mol. The Balaban J connectivity index is 1.93. The quantitative estimate of drug-likeness (QED) is 0.569. The number of imidazole rings is 1. The van der Waals surface area contributed by atoms with Crippen molar-refractivity contribution < 1.29 is 18.7 Å². The van der Waals surface area contributed by atoms with Gasteiger partial charge in [-0.05, 0) is 36.2 Å². The van der Waals surface area contributed by atoms with E-state index >= 15 is 0 Å². The lowest BCUT2D eigenvalue weighted by Crippen LogP contribution is -2.31. The zero-order chi connectivity index (χ0) is 21.7. The highest BCUT2D eigenvalue weighted by Crippen LogP contribution is 2.36. The first-order valence-electron chi connectivity index (χ1n) is 9.48. The van der Waals surface area contributed by atoms with Gasteiger partial charge in [-0.2, -0.15) is 0 Å². The molecule has 6 nitrogen and oxygen atoms in total. The van der Waals surface area contributed by atoms with Crippen molar-refractivity contribution in [3.05, 3.63) is 76.6 Å². The fraction of sp³-hybridized carbons (Fsp3) is 0.273. The lowest BCUT2D eigenvalue weighted by Gasteiger charge is -2.20. The third-order valence-corrected chi connectivity index (χ3v) is 4.82. The molecular formula is C22H23ClFN3O3. The van der Waals surface area contributed by atoms with Crippen molar-refractivity contribution in [1.82, 2.24) is 14.9 Å². The molecule has 0 aliphatic rings. The first kappa shape index (κ1) is 21.6. The maximum Gasteiger partial charge on any atom is 0.252 e. The Morgan fingerprint density at radius 2 is 2.03 bits per heavy atom. The number of hydrogen-bond acceptors (Lipinski definition) is 4. The first-order chi connectivity index (χ1) is 14.4. The second-order valence-electron chi connectivity index (χ2n) is 6.69. The molecule has 158 valence electrons. The smallest absolute Gasteiger partial charge is 0.252 e.